The zero-order chi connectivity index (χ0) is 27.3. The second-order valence-corrected chi connectivity index (χ2v) is 11.4. The first-order chi connectivity index (χ1) is 17.5. The highest BCUT2D eigenvalue weighted by atomic mass is 32.2. The Labute approximate surface area is 218 Å². The van der Waals surface area contributed by atoms with Gasteiger partial charge < -0.3 is 24.3 Å². The lowest BCUT2D eigenvalue weighted by atomic mass is 10.0. The predicted molar refractivity (Wildman–Crippen MR) is 139 cm³/mol. The maximum absolute atomic E-state index is 13.6. The van der Waals surface area contributed by atoms with Gasteiger partial charge in [-0.1, -0.05) is 13.8 Å². The third kappa shape index (κ3) is 6.68. The van der Waals surface area contributed by atoms with Gasteiger partial charge >= 0.3 is 0 Å². The summed E-state index contributed by atoms with van der Waals surface area (Å²) in [6, 6.07) is 4.27. The molecule has 1 aromatic heterocycles. The van der Waals surface area contributed by atoms with Crippen molar-refractivity contribution >= 4 is 27.5 Å². The lowest BCUT2D eigenvalue weighted by Crippen LogP contribution is -2.48. The molecule has 12 heteroatoms. The highest BCUT2D eigenvalue weighted by Gasteiger charge is 2.35. The summed E-state index contributed by atoms with van der Waals surface area (Å²) in [5.74, 6) is -0.383. The van der Waals surface area contributed by atoms with Gasteiger partial charge in [0.05, 0.1) is 24.0 Å². The molecule has 3 atom stereocenters. The number of nitrogens with zero attached hydrogens (tertiary/aromatic N) is 4. The Morgan fingerprint density at radius 1 is 1.24 bits per heavy atom. The summed E-state index contributed by atoms with van der Waals surface area (Å²) >= 11 is 0. The van der Waals surface area contributed by atoms with Gasteiger partial charge in [-0.25, -0.2) is 13.4 Å². The van der Waals surface area contributed by atoms with E-state index in [1.807, 2.05) is 13.8 Å². The van der Waals surface area contributed by atoms with Crippen LogP contribution in [0.1, 0.15) is 44.0 Å². The van der Waals surface area contributed by atoms with Crippen LogP contribution in [-0.2, 0) is 26.6 Å². The van der Waals surface area contributed by atoms with Gasteiger partial charge in [0.25, 0.3) is 15.9 Å². The van der Waals surface area contributed by atoms with Gasteiger partial charge in [0.15, 0.2) is 5.03 Å². The fraction of sp³-hybridized carbons (Fsp3) is 0.560. The molecule has 0 unspecified atom stereocenters. The number of sulfonamides is 1. The maximum atomic E-state index is 13.6. The number of amides is 2. The van der Waals surface area contributed by atoms with Gasteiger partial charge in [0, 0.05) is 58.7 Å². The zero-order valence-electron chi connectivity index (χ0n) is 22.3. The molecule has 1 N–H and O–H groups in total. The molecule has 1 aliphatic heterocycles. The molecule has 0 aliphatic carbocycles. The maximum Gasteiger partial charge on any atom is 0.262 e. The van der Waals surface area contributed by atoms with Crippen LogP contribution in [0.25, 0.3) is 0 Å². The number of likely N-dealkylation sites (N-methyl/N-ethyl adjacent to an activating group) is 1. The summed E-state index contributed by atoms with van der Waals surface area (Å²) in [7, 11) is 0.976. The van der Waals surface area contributed by atoms with E-state index < -0.39 is 22.2 Å². The quantitative estimate of drug-likeness (QED) is 0.602. The van der Waals surface area contributed by atoms with E-state index in [1.54, 1.807) is 50.9 Å². The Balaban J connectivity index is 2.02. The Hall–Kier alpha value is -2.96. The molecule has 2 aromatic rings. The molecule has 1 aliphatic rings. The number of nitrogens with one attached hydrogen (secondary N) is 1. The monoisotopic (exact) mass is 535 g/mol. The number of aromatic nitrogens is 2. The Morgan fingerprint density at radius 3 is 2.59 bits per heavy atom. The Bertz CT molecular complexity index is 1210. The van der Waals surface area contributed by atoms with Crippen molar-refractivity contribution in [2.45, 2.75) is 50.8 Å². The standard InChI is InChI=1S/C25H37N5O6S/c1-7-8-23(31)27-19-9-10-20-21(11-19)36-15-18(3)30(37(33,34)24-14-28(4)16-26-24)12-17(2)22(35-6)13-29(5)25(20)32/h9-11,14,16-18,22H,7-8,12-13,15H2,1-6H3,(H,27,31)/t17-,18+,22-/m0/s1. The minimum absolute atomic E-state index is 0.0210. The molecule has 2 heterocycles. The fourth-order valence-corrected chi connectivity index (χ4v) is 5.93. The van der Waals surface area contributed by atoms with E-state index in [-0.39, 0.29) is 48.2 Å². The fourth-order valence-electron chi connectivity index (χ4n) is 4.24. The molecule has 0 fully saturated rings. The molecule has 0 spiro atoms. The van der Waals surface area contributed by atoms with E-state index in [2.05, 4.69) is 10.3 Å². The van der Waals surface area contributed by atoms with Gasteiger partial charge in [-0.2, -0.15) is 4.31 Å². The predicted octanol–water partition coefficient (Wildman–Crippen LogP) is 2.35. The van der Waals surface area contributed by atoms with E-state index in [4.69, 9.17) is 9.47 Å². The van der Waals surface area contributed by atoms with Crippen LogP contribution in [0.4, 0.5) is 5.69 Å². The topological polar surface area (TPSA) is 123 Å². The van der Waals surface area contributed by atoms with Gasteiger partial charge in [0.1, 0.15) is 12.4 Å². The molecule has 0 radical (unpaired) electrons. The number of aryl methyl sites for hydroxylation is 1. The summed E-state index contributed by atoms with van der Waals surface area (Å²) in [5, 5.41) is 2.76. The van der Waals surface area contributed by atoms with Gasteiger partial charge in [-0.05, 0) is 31.4 Å². The number of hydrogen-bond donors (Lipinski definition) is 1. The van der Waals surface area contributed by atoms with Crippen LogP contribution in [0.5, 0.6) is 5.75 Å². The van der Waals surface area contributed by atoms with Crippen LogP contribution in [0.15, 0.2) is 35.7 Å². The third-order valence-corrected chi connectivity index (χ3v) is 8.27. The number of carbonyl (C=O) groups is 2. The molecule has 11 nitrogen and oxygen atoms in total. The second kappa shape index (κ2) is 12.1. The molecular formula is C25H37N5O6S. The van der Waals surface area contributed by atoms with Crippen LogP contribution in [0.2, 0.25) is 0 Å². The van der Waals surface area contributed by atoms with Crippen molar-refractivity contribution in [1.82, 2.24) is 18.8 Å². The average Bonchev–Trinajstić information content (AvgIpc) is 3.30. The molecule has 3 rings (SSSR count). The third-order valence-electron chi connectivity index (χ3n) is 6.40. The second-order valence-electron chi connectivity index (χ2n) is 9.56. The SMILES string of the molecule is CCCC(=O)Nc1ccc2c(c1)OC[C@@H](C)N(S(=O)(=O)c1cn(C)cn1)C[C@H](C)[C@@H](OC)CN(C)C2=O. The van der Waals surface area contributed by atoms with E-state index >= 15 is 0 Å². The van der Waals surface area contributed by atoms with Crippen LogP contribution < -0.4 is 10.1 Å². The van der Waals surface area contributed by atoms with Crippen molar-refractivity contribution in [3.05, 3.63) is 36.3 Å². The molecule has 0 bridgehead atoms. The molecule has 204 valence electrons. The summed E-state index contributed by atoms with van der Waals surface area (Å²) in [5.41, 5.74) is 0.805. The largest absolute Gasteiger partial charge is 0.491 e. The lowest BCUT2D eigenvalue weighted by molar-refractivity contribution is -0.116. The highest BCUT2D eigenvalue weighted by Crippen LogP contribution is 2.28. The Morgan fingerprint density at radius 2 is 1.97 bits per heavy atom. The Kier molecular flexibility index (Phi) is 9.32. The van der Waals surface area contributed by atoms with E-state index in [0.29, 0.717) is 24.1 Å². The van der Waals surface area contributed by atoms with Crippen molar-refractivity contribution in [3.8, 4) is 5.75 Å². The molecule has 0 saturated carbocycles. The number of hydrogen-bond acceptors (Lipinski definition) is 7. The molecule has 1 aromatic carbocycles. The lowest BCUT2D eigenvalue weighted by Gasteiger charge is -2.35. The van der Waals surface area contributed by atoms with E-state index in [0.717, 1.165) is 0 Å². The minimum Gasteiger partial charge on any atom is -0.491 e. The van der Waals surface area contributed by atoms with Gasteiger partial charge in [-0.3, -0.25) is 9.59 Å². The van der Waals surface area contributed by atoms with Crippen LogP contribution in [0.3, 0.4) is 0 Å². The first kappa shape index (κ1) is 28.6. The molecular weight excluding hydrogens is 498 g/mol. The number of imidazole rings is 1. The normalized spacial score (nSPS) is 21.9. The highest BCUT2D eigenvalue weighted by molar-refractivity contribution is 7.89. The van der Waals surface area contributed by atoms with Crippen molar-refractivity contribution in [1.29, 1.82) is 0 Å². The van der Waals surface area contributed by atoms with E-state index in [1.165, 1.54) is 21.7 Å². The number of methoxy groups -OCH3 is 1. The van der Waals surface area contributed by atoms with Crippen LogP contribution >= 0.6 is 0 Å². The molecule has 2 amide bonds. The summed E-state index contributed by atoms with van der Waals surface area (Å²) in [4.78, 5) is 31.1. The van der Waals surface area contributed by atoms with Gasteiger partial charge in [-0.15, -0.1) is 0 Å². The van der Waals surface area contributed by atoms with Crippen LogP contribution in [-0.4, -0.2) is 85.0 Å². The average molecular weight is 536 g/mol. The summed E-state index contributed by atoms with van der Waals surface area (Å²) < 4.78 is 41.9. The first-order valence-electron chi connectivity index (χ1n) is 12.3. The molecule has 37 heavy (non-hydrogen) atoms. The van der Waals surface area contributed by atoms with Crippen LogP contribution in [0, 0.1) is 5.92 Å². The minimum atomic E-state index is -3.95. The smallest absolute Gasteiger partial charge is 0.262 e. The summed E-state index contributed by atoms with van der Waals surface area (Å²) in [6.07, 6.45) is 3.56. The molecule has 0 saturated heterocycles. The van der Waals surface area contributed by atoms with Crippen molar-refractivity contribution in [3.63, 3.8) is 0 Å². The number of carbonyl (C=O) groups excluding carboxylic acids is 2. The number of fused-ring (bicyclic) bond motifs is 1. The van der Waals surface area contributed by atoms with Crippen molar-refractivity contribution in [2.75, 3.05) is 39.2 Å². The van der Waals surface area contributed by atoms with Gasteiger partial charge in [0.2, 0.25) is 5.91 Å². The van der Waals surface area contributed by atoms with Crippen molar-refractivity contribution < 1.29 is 27.5 Å². The van der Waals surface area contributed by atoms with Crippen molar-refractivity contribution in [2.24, 2.45) is 13.0 Å². The number of rotatable bonds is 6. The van der Waals surface area contributed by atoms with E-state index in [9.17, 15) is 18.0 Å². The number of anilines is 1. The number of ether oxygens (including phenoxy) is 2. The first-order valence-corrected chi connectivity index (χ1v) is 13.8. The number of benzene rings is 1. The zero-order valence-corrected chi connectivity index (χ0v) is 23.1. The summed E-state index contributed by atoms with van der Waals surface area (Å²) in [6.45, 7) is 5.93.